The average molecular weight is 376 g/mol. The zero-order valence-electron chi connectivity index (χ0n) is 13.4. The lowest BCUT2D eigenvalue weighted by molar-refractivity contribution is 0.0992. The summed E-state index contributed by atoms with van der Waals surface area (Å²) in [6.45, 7) is 2.14. The first-order valence-electron chi connectivity index (χ1n) is 7.56. The lowest BCUT2D eigenvalue weighted by Gasteiger charge is -2.06. The Morgan fingerprint density at radius 1 is 1.08 bits per heavy atom. The first-order chi connectivity index (χ1) is 12.0. The van der Waals surface area contributed by atoms with E-state index in [9.17, 15) is 4.79 Å². The fourth-order valence-corrected chi connectivity index (χ4v) is 2.61. The van der Waals surface area contributed by atoms with Crippen molar-refractivity contribution in [1.82, 2.24) is 0 Å². The third kappa shape index (κ3) is 4.56. The number of furan rings is 1. The fraction of sp³-hybridized carbons (Fsp3) is 0.105. The number of hydrogen-bond acceptors (Lipinski definition) is 3. The Hall–Kier alpha value is -2.43. The van der Waals surface area contributed by atoms with Crippen molar-refractivity contribution in [2.75, 3.05) is 5.32 Å². The van der Waals surface area contributed by atoms with E-state index >= 15 is 0 Å². The molecule has 4 nitrogen and oxygen atoms in total. The highest BCUT2D eigenvalue weighted by Crippen LogP contribution is 2.28. The summed E-state index contributed by atoms with van der Waals surface area (Å²) in [5.41, 5.74) is 1.83. The summed E-state index contributed by atoms with van der Waals surface area (Å²) in [5, 5.41) is 3.72. The van der Waals surface area contributed by atoms with Crippen LogP contribution >= 0.6 is 23.2 Å². The Morgan fingerprint density at radius 3 is 2.56 bits per heavy atom. The molecule has 0 saturated carbocycles. The number of benzene rings is 2. The molecule has 1 N–H and O–H groups in total. The molecule has 128 valence electrons. The molecule has 0 aliphatic rings. The van der Waals surface area contributed by atoms with E-state index in [1.165, 1.54) is 0 Å². The molecule has 1 heterocycles. The van der Waals surface area contributed by atoms with Crippen LogP contribution in [0.4, 0.5) is 5.69 Å². The van der Waals surface area contributed by atoms with Crippen molar-refractivity contribution in [2.45, 2.75) is 13.5 Å². The molecule has 6 heteroatoms. The van der Waals surface area contributed by atoms with E-state index < -0.39 is 0 Å². The minimum Gasteiger partial charge on any atom is -0.484 e. The lowest BCUT2D eigenvalue weighted by atomic mass is 10.2. The number of carbonyl (C=O) groups excluding carboxylic acids is 1. The summed E-state index contributed by atoms with van der Waals surface area (Å²) < 4.78 is 11.1. The molecular formula is C19H15Cl2NO3. The van der Waals surface area contributed by atoms with E-state index in [4.69, 9.17) is 32.4 Å². The highest BCUT2D eigenvalue weighted by molar-refractivity contribution is 6.35. The predicted octanol–water partition coefficient (Wildman–Crippen LogP) is 5.73. The largest absolute Gasteiger partial charge is 0.484 e. The van der Waals surface area contributed by atoms with Gasteiger partial charge in [0.05, 0.1) is 5.02 Å². The first-order valence-corrected chi connectivity index (χ1v) is 8.31. The summed E-state index contributed by atoms with van der Waals surface area (Å²) in [4.78, 5) is 12.2. The van der Waals surface area contributed by atoms with Crippen LogP contribution in [0.25, 0.3) is 0 Å². The Balaban J connectivity index is 1.61. The normalized spacial score (nSPS) is 10.5. The summed E-state index contributed by atoms with van der Waals surface area (Å²) in [7, 11) is 0. The minimum absolute atomic E-state index is 0.152. The molecule has 25 heavy (non-hydrogen) atoms. The van der Waals surface area contributed by atoms with Gasteiger partial charge in [0.2, 0.25) is 0 Å². The molecular weight excluding hydrogens is 361 g/mol. The van der Waals surface area contributed by atoms with E-state index in [0.717, 1.165) is 5.56 Å². The van der Waals surface area contributed by atoms with Crippen LogP contribution in [0.3, 0.4) is 0 Å². The zero-order chi connectivity index (χ0) is 17.8. The first kappa shape index (κ1) is 17.4. The number of halogens is 2. The van der Waals surface area contributed by atoms with E-state index in [1.807, 2.05) is 31.2 Å². The second-order valence-electron chi connectivity index (χ2n) is 5.45. The number of nitrogens with one attached hydrogen (secondary N) is 1. The maximum atomic E-state index is 12.2. The number of amides is 1. The summed E-state index contributed by atoms with van der Waals surface area (Å²) in [6, 6.07) is 15.8. The second-order valence-corrected chi connectivity index (χ2v) is 6.29. The number of rotatable bonds is 5. The van der Waals surface area contributed by atoms with Gasteiger partial charge in [0.25, 0.3) is 5.91 Å². The van der Waals surface area contributed by atoms with Crippen LogP contribution < -0.4 is 10.1 Å². The van der Waals surface area contributed by atoms with Gasteiger partial charge in [-0.1, -0.05) is 40.9 Å². The van der Waals surface area contributed by atoms with Gasteiger partial charge in [-0.25, -0.2) is 0 Å². The topological polar surface area (TPSA) is 51.5 Å². The molecule has 1 aromatic heterocycles. The van der Waals surface area contributed by atoms with Crippen molar-refractivity contribution in [3.8, 4) is 5.75 Å². The summed E-state index contributed by atoms with van der Waals surface area (Å²) in [5.74, 6) is 0.897. The number of anilines is 1. The minimum atomic E-state index is -0.320. The molecule has 3 rings (SSSR count). The van der Waals surface area contributed by atoms with Gasteiger partial charge in [0.15, 0.2) is 5.76 Å². The molecule has 0 unspecified atom stereocenters. The highest BCUT2D eigenvalue weighted by Gasteiger charge is 2.12. The molecule has 3 aromatic rings. The van der Waals surface area contributed by atoms with E-state index in [1.54, 1.807) is 30.3 Å². The van der Waals surface area contributed by atoms with Crippen LogP contribution in [0.1, 0.15) is 21.9 Å². The quantitative estimate of drug-likeness (QED) is 0.619. The van der Waals surface area contributed by atoms with Gasteiger partial charge in [-0.05, 0) is 49.4 Å². The lowest BCUT2D eigenvalue weighted by Crippen LogP contribution is -2.10. The molecule has 0 radical (unpaired) electrons. The van der Waals surface area contributed by atoms with Crippen molar-refractivity contribution in [1.29, 1.82) is 0 Å². The molecule has 2 aromatic carbocycles. The average Bonchev–Trinajstić information content (AvgIpc) is 3.05. The Kier molecular flexibility index (Phi) is 5.31. The molecule has 0 aliphatic carbocycles. The van der Waals surface area contributed by atoms with Gasteiger partial charge in [-0.2, -0.15) is 0 Å². The number of ether oxygens (including phenoxy) is 1. The van der Waals surface area contributed by atoms with Crippen molar-refractivity contribution >= 4 is 34.8 Å². The summed E-state index contributed by atoms with van der Waals surface area (Å²) in [6.07, 6.45) is 0. The van der Waals surface area contributed by atoms with Gasteiger partial charge in [0.1, 0.15) is 18.1 Å². The standard InChI is InChI=1S/C19H15Cl2NO3/c1-12-2-5-14(6-3-12)22-19(23)18-9-7-15(25-18)11-24-17-8-4-13(20)10-16(17)21/h2-10H,11H2,1H3,(H,22,23). The Labute approximate surface area is 155 Å². The van der Waals surface area contributed by atoms with Crippen molar-refractivity contribution in [3.05, 3.63) is 81.7 Å². The third-order valence-corrected chi connectivity index (χ3v) is 3.99. The maximum Gasteiger partial charge on any atom is 0.291 e. The van der Waals surface area contributed by atoms with Crippen LogP contribution in [0, 0.1) is 6.92 Å². The highest BCUT2D eigenvalue weighted by atomic mass is 35.5. The van der Waals surface area contributed by atoms with Crippen LogP contribution in [-0.2, 0) is 6.61 Å². The van der Waals surface area contributed by atoms with Crippen LogP contribution in [-0.4, -0.2) is 5.91 Å². The number of hydrogen-bond donors (Lipinski definition) is 1. The Bertz CT molecular complexity index is 888. The number of carbonyl (C=O) groups is 1. The summed E-state index contributed by atoms with van der Waals surface area (Å²) >= 11 is 11.9. The van der Waals surface area contributed by atoms with E-state index in [2.05, 4.69) is 5.32 Å². The van der Waals surface area contributed by atoms with Crippen LogP contribution in [0.15, 0.2) is 59.0 Å². The SMILES string of the molecule is Cc1ccc(NC(=O)c2ccc(COc3ccc(Cl)cc3Cl)o2)cc1. The molecule has 0 atom stereocenters. The zero-order valence-corrected chi connectivity index (χ0v) is 14.9. The van der Waals surface area contributed by atoms with Gasteiger partial charge < -0.3 is 14.5 Å². The third-order valence-electron chi connectivity index (χ3n) is 3.46. The molecule has 0 bridgehead atoms. The van der Waals surface area contributed by atoms with Crippen LogP contribution in [0.2, 0.25) is 10.0 Å². The Morgan fingerprint density at radius 2 is 1.84 bits per heavy atom. The maximum absolute atomic E-state index is 12.2. The van der Waals surface area contributed by atoms with Crippen molar-refractivity contribution in [3.63, 3.8) is 0 Å². The number of aryl methyl sites for hydroxylation is 1. The van der Waals surface area contributed by atoms with Gasteiger partial charge in [-0.3, -0.25) is 4.79 Å². The second kappa shape index (κ2) is 7.64. The van der Waals surface area contributed by atoms with E-state index in [0.29, 0.717) is 27.2 Å². The van der Waals surface area contributed by atoms with Gasteiger partial charge in [-0.15, -0.1) is 0 Å². The van der Waals surface area contributed by atoms with Crippen molar-refractivity contribution < 1.29 is 13.9 Å². The smallest absolute Gasteiger partial charge is 0.291 e. The molecule has 0 spiro atoms. The van der Waals surface area contributed by atoms with E-state index in [-0.39, 0.29) is 18.3 Å². The molecule has 0 fully saturated rings. The van der Waals surface area contributed by atoms with Crippen molar-refractivity contribution in [2.24, 2.45) is 0 Å². The predicted molar refractivity (Wildman–Crippen MR) is 98.6 cm³/mol. The van der Waals surface area contributed by atoms with Gasteiger partial charge in [0, 0.05) is 10.7 Å². The van der Waals surface area contributed by atoms with Gasteiger partial charge >= 0.3 is 0 Å². The fourth-order valence-electron chi connectivity index (χ4n) is 2.15. The monoisotopic (exact) mass is 375 g/mol. The molecule has 0 saturated heterocycles. The van der Waals surface area contributed by atoms with Crippen LogP contribution in [0.5, 0.6) is 5.75 Å². The molecule has 0 aliphatic heterocycles. The molecule has 1 amide bonds.